The van der Waals surface area contributed by atoms with E-state index in [1.54, 1.807) is 0 Å². The second-order valence-electron chi connectivity index (χ2n) is 9.88. The van der Waals surface area contributed by atoms with Gasteiger partial charge in [-0.3, -0.25) is 28.8 Å². The Morgan fingerprint density at radius 1 is 0.581 bits per heavy atom. The number of nitrogens with one attached hydrogen (secondary N) is 3. The van der Waals surface area contributed by atoms with Crippen LogP contribution in [-0.4, -0.2) is 70.1 Å². The van der Waals surface area contributed by atoms with E-state index in [-0.39, 0.29) is 16.7 Å². The number of rotatable bonds is 9. The highest BCUT2D eigenvalue weighted by Crippen LogP contribution is 2.16. The zero-order valence-corrected chi connectivity index (χ0v) is 24.3. The molecule has 3 amide bonds. The van der Waals surface area contributed by atoms with E-state index in [2.05, 4.69) is 16.0 Å². The quantitative estimate of drug-likeness (QED) is 0.162. The second kappa shape index (κ2) is 12.6. The van der Waals surface area contributed by atoms with Gasteiger partial charge in [-0.15, -0.1) is 0 Å². The van der Waals surface area contributed by atoms with E-state index < -0.39 is 70.1 Å². The Labute approximate surface area is 244 Å². The smallest absolute Gasteiger partial charge is 0.293 e. The number of carbonyl (C=O) groups is 3. The van der Waals surface area contributed by atoms with Crippen molar-refractivity contribution >= 4 is 17.7 Å². The predicted molar refractivity (Wildman–Crippen MR) is 153 cm³/mol. The lowest BCUT2D eigenvalue weighted by atomic mass is 10.2. The Kier molecular flexibility index (Phi) is 9.45. The molecule has 3 atom stereocenters. The molecule has 3 unspecified atom stereocenters. The van der Waals surface area contributed by atoms with Crippen molar-refractivity contribution in [1.82, 2.24) is 34.6 Å². The van der Waals surface area contributed by atoms with Crippen LogP contribution in [0.3, 0.4) is 0 Å². The van der Waals surface area contributed by atoms with E-state index in [9.17, 15) is 44.1 Å². The van der Waals surface area contributed by atoms with Crippen LogP contribution in [0.2, 0.25) is 0 Å². The summed E-state index contributed by atoms with van der Waals surface area (Å²) in [5, 5.41) is 38.5. The molecule has 0 bridgehead atoms. The van der Waals surface area contributed by atoms with Crippen LogP contribution in [0.25, 0.3) is 0 Å². The molecule has 0 aliphatic rings. The first-order chi connectivity index (χ1) is 20.1. The third kappa shape index (κ3) is 6.59. The highest BCUT2D eigenvalue weighted by atomic mass is 16.3. The fourth-order valence-corrected chi connectivity index (χ4v) is 4.43. The summed E-state index contributed by atoms with van der Waals surface area (Å²) < 4.78 is 3.24. The van der Waals surface area contributed by atoms with E-state index in [0.717, 1.165) is 13.7 Å². The molecule has 0 aromatic carbocycles. The Balaban J connectivity index is 1.94. The van der Waals surface area contributed by atoms with E-state index in [1.165, 1.54) is 83.6 Å². The fourth-order valence-electron chi connectivity index (χ4n) is 4.43. The predicted octanol–water partition coefficient (Wildman–Crippen LogP) is -1.17. The van der Waals surface area contributed by atoms with Gasteiger partial charge in [0.15, 0.2) is 17.2 Å². The number of aromatic hydroxyl groups is 3. The van der Waals surface area contributed by atoms with E-state index in [1.807, 2.05) is 0 Å². The van der Waals surface area contributed by atoms with E-state index >= 15 is 0 Å². The van der Waals surface area contributed by atoms with Gasteiger partial charge < -0.3 is 45.0 Å². The van der Waals surface area contributed by atoms with Gasteiger partial charge in [-0.05, 0) is 39.0 Å². The van der Waals surface area contributed by atoms with Crippen molar-refractivity contribution in [3.8, 4) is 17.2 Å². The Morgan fingerprint density at radius 3 is 1.05 bits per heavy atom. The maximum atomic E-state index is 13.0. The molecule has 3 rings (SSSR count). The minimum absolute atomic E-state index is 0.321. The first-order valence-corrected chi connectivity index (χ1v) is 12.9. The number of aromatic nitrogens is 3. The van der Waals surface area contributed by atoms with Crippen molar-refractivity contribution in [2.75, 3.05) is 0 Å². The number of amides is 3. The summed E-state index contributed by atoms with van der Waals surface area (Å²) in [6, 6.07) is 3.70. The molecular formula is C27H33N7O9. The number of hydrogen-bond donors (Lipinski definition) is 6. The molecule has 16 nitrogen and oxygen atoms in total. The molecule has 0 fully saturated rings. The van der Waals surface area contributed by atoms with Gasteiger partial charge in [0, 0.05) is 39.7 Å². The van der Waals surface area contributed by atoms with Crippen LogP contribution in [0.1, 0.15) is 51.8 Å². The summed E-state index contributed by atoms with van der Waals surface area (Å²) in [5.41, 5.74) is -3.38. The van der Waals surface area contributed by atoms with Crippen LogP contribution in [0.5, 0.6) is 17.2 Å². The number of nitrogens with zero attached hydrogens (tertiary/aromatic N) is 4. The maximum absolute atomic E-state index is 13.0. The summed E-state index contributed by atoms with van der Waals surface area (Å²) in [5.74, 6) is -4.90. The molecule has 0 spiro atoms. The molecule has 0 saturated carbocycles. The summed E-state index contributed by atoms with van der Waals surface area (Å²) in [4.78, 5) is 76.9. The van der Waals surface area contributed by atoms with Crippen molar-refractivity contribution in [2.24, 2.45) is 21.1 Å². The van der Waals surface area contributed by atoms with Gasteiger partial charge in [0.1, 0.15) is 0 Å². The lowest BCUT2D eigenvalue weighted by molar-refractivity contribution is 0.0406. The molecule has 3 heterocycles. The standard InChI is InChI=1S/C27H33N7O9/c1-13(28-22(38)16-7-10-31(4)25(41)19(16)35)34(14(2)29-23(39)17-8-11-32(5)26(42)20(17)36)15(3)30-24(40)18-9-12-33(6)27(43)21(18)37/h7-15,35-37H,1-6H3,(H,28,38)(H,29,39)(H,30,40). The number of pyridine rings is 3. The van der Waals surface area contributed by atoms with Crippen LogP contribution in [0, 0.1) is 0 Å². The number of aryl methyl sites for hydroxylation is 3. The largest absolute Gasteiger partial charge is 0.502 e. The molecule has 43 heavy (non-hydrogen) atoms. The topological polar surface area (TPSA) is 217 Å². The zero-order valence-electron chi connectivity index (χ0n) is 24.3. The van der Waals surface area contributed by atoms with Crippen molar-refractivity contribution in [2.45, 2.75) is 39.3 Å². The lowest BCUT2D eigenvalue weighted by Gasteiger charge is -2.39. The summed E-state index contributed by atoms with van der Waals surface area (Å²) in [6.07, 6.45) is 0.817. The molecule has 0 radical (unpaired) electrons. The molecule has 0 aliphatic heterocycles. The second-order valence-corrected chi connectivity index (χ2v) is 9.88. The first kappa shape index (κ1) is 32.1. The number of carbonyl (C=O) groups excluding carboxylic acids is 3. The van der Waals surface area contributed by atoms with E-state index in [4.69, 9.17) is 0 Å². The van der Waals surface area contributed by atoms with Crippen molar-refractivity contribution < 1.29 is 29.7 Å². The highest BCUT2D eigenvalue weighted by molar-refractivity contribution is 5.98. The Morgan fingerprint density at radius 2 is 0.814 bits per heavy atom. The molecule has 3 aromatic rings. The molecule has 0 aliphatic carbocycles. The van der Waals surface area contributed by atoms with Gasteiger partial charge >= 0.3 is 0 Å². The molecule has 0 saturated heterocycles. The van der Waals surface area contributed by atoms with Gasteiger partial charge in [-0.1, -0.05) is 0 Å². The van der Waals surface area contributed by atoms with Gasteiger partial charge in [-0.2, -0.15) is 0 Å². The van der Waals surface area contributed by atoms with Crippen molar-refractivity contribution in [1.29, 1.82) is 0 Å². The third-order valence-electron chi connectivity index (χ3n) is 6.82. The fraction of sp³-hybridized carbons (Fsp3) is 0.333. The summed E-state index contributed by atoms with van der Waals surface area (Å²) in [7, 11) is 4.18. The molecule has 3 aromatic heterocycles. The highest BCUT2D eigenvalue weighted by Gasteiger charge is 2.31. The van der Waals surface area contributed by atoms with Gasteiger partial charge in [0.2, 0.25) is 0 Å². The Bertz CT molecular complexity index is 1560. The van der Waals surface area contributed by atoms with Crippen molar-refractivity contribution in [3.05, 3.63) is 84.5 Å². The minimum atomic E-state index is -1.02. The average Bonchev–Trinajstić information content (AvgIpc) is 2.93. The first-order valence-electron chi connectivity index (χ1n) is 12.9. The maximum Gasteiger partial charge on any atom is 0.293 e. The van der Waals surface area contributed by atoms with Gasteiger partial charge in [0.05, 0.1) is 35.2 Å². The number of hydrogen-bond acceptors (Lipinski definition) is 10. The van der Waals surface area contributed by atoms with Crippen molar-refractivity contribution in [3.63, 3.8) is 0 Å². The monoisotopic (exact) mass is 599 g/mol. The minimum Gasteiger partial charge on any atom is -0.502 e. The summed E-state index contributed by atoms with van der Waals surface area (Å²) in [6.45, 7) is 4.48. The Hall–Kier alpha value is -5.38. The molecule has 230 valence electrons. The zero-order chi connectivity index (χ0) is 32.3. The SMILES string of the molecule is CC(NC(=O)c1ccn(C)c(=O)c1O)N(C(C)NC(=O)c1ccn(C)c(=O)c1O)C(C)NC(=O)c1ccn(C)c(=O)c1O. The normalized spacial score (nSPS) is 13.2. The van der Waals surface area contributed by atoms with Crippen LogP contribution in [0.4, 0.5) is 0 Å². The van der Waals surface area contributed by atoms with Crippen LogP contribution < -0.4 is 32.6 Å². The van der Waals surface area contributed by atoms with Crippen LogP contribution in [-0.2, 0) is 21.1 Å². The van der Waals surface area contributed by atoms with Crippen LogP contribution >= 0.6 is 0 Å². The third-order valence-corrected chi connectivity index (χ3v) is 6.82. The van der Waals surface area contributed by atoms with Gasteiger partial charge in [-0.25, -0.2) is 4.90 Å². The lowest BCUT2D eigenvalue weighted by Crippen LogP contribution is -2.62. The molecule has 16 heteroatoms. The molecular weight excluding hydrogens is 566 g/mol. The summed E-state index contributed by atoms with van der Waals surface area (Å²) >= 11 is 0. The van der Waals surface area contributed by atoms with Gasteiger partial charge in [0.25, 0.3) is 34.4 Å². The average molecular weight is 600 g/mol. The molecule has 6 N–H and O–H groups in total. The van der Waals surface area contributed by atoms with Crippen LogP contribution in [0.15, 0.2) is 51.2 Å². The van der Waals surface area contributed by atoms with E-state index in [0.29, 0.717) is 0 Å².